The molecule has 2 N–H and O–H groups in total. The van der Waals surface area contributed by atoms with Crippen LogP contribution >= 0.6 is 22.9 Å². The zero-order valence-corrected chi connectivity index (χ0v) is 16.9. The topological polar surface area (TPSA) is 63.4 Å². The lowest BCUT2D eigenvalue weighted by Gasteiger charge is -2.35. The van der Waals surface area contributed by atoms with Crippen LogP contribution in [-0.2, 0) is 11.2 Å². The highest BCUT2D eigenvalue weighted by Gasteiger charge is 2.40. The van der Waals surface area contributed by atoms with Crippen molar-refractivity contribution >= 4 is 34.8 Å². The van der Waals surface area contributed by atoms with Crippen molar-refractivity contribution in [1.82, 2.24) is 4.90 Å². The summed E-state index contributed by atoms with van der Waals surface area (Å²) in [6.07, 6.45) is 0.942. The molecule has 0 saturated heterocycles. The lowest BCUT2D eigenvalue weighted by molar-refractivity contribution is -0.123. The van der Waals surface area contributed by atoms with E-state index in [9.17, 15) is 14.0 Å². The number of hydrogen-bond acceptors (Lipinski definition) is 3. The number of fused-ring (bicyclic) bond motifs is 1. The zero-order chi connectivity index (χ0) is 20.5. The number of benzene rings is 2. The molecule has 2 amide bonds. The third kappa shape index (κ3) is 3.66. The van der Waals surface area contributed by atoms with Crippen LogP contribution in [-0.4, -0.2) is 16.7 Å². The molecular weight excluding hydrogens is 411 g/mol. The minimum atomic E-state index is -0.983. The number of nitrogens with zero attached hydrogens (tertiary/aromatic N) is 1. The fourth-order valence-corrected chi connectivity index (χ4v) is 4.85. The number of hydrogen-bond donors (Lipinski definition) is 1. The van der Waals surface area contributed by atoms with Gasteiger partial charge in [-0.25, -0.2) is 4.39 Å². The van der Waals surface area contributed by atoms with E-state index in [4.69, 9.17) is 17.3 Å². The molecule has 0 bridgehead atoms. The smallest absolute Gasteiger partial charge is 0.265 e. The number of halogens is 2. The Hall–Kier alpha value is -2.70. The second kappa shape index (κ2) is 7.97. The van der Waals surface area contributed by atoms with Gasteiger partial charge in [0.05, 0.1) is 10.9 Å². The van der Waals surface area contributed by atoms with Gasteiger partial charge in [0.15, 0.2) is 0 Å². The third-order valence-electron chi connectivity index (χ3n) is 5.19. The fourth-order valence-electron chi connectivity index (χ4n) is 3.97. The molecule has 1 aliphatic carbocycles. The molecule has 7 heteroatoms. The van der Waals surface area contributed by atoms with Crippen molar-refractivity contribution in [2.45, 2.75) is 24.9 Å². The van der Waals surface area contributed by atoms with E-state index in [1.54, 1.807) is 47.8 Å². The number of rotatable bonds is 5. The van der Waals surface area contributed by atoms with Crippen molar-refractivity contribution < 1.29 is 14.0 Å². The molecule has 3 aromatic rings. The summed E-state index contributed by atoms with van der Waals surface area (Å²) in [6, 6.07) is 13.9. The number of nitrogens with two attached hydrogens (primary N) is 1. The normalized spacial score (nSPS) is 16.3. The molecule has 2 atom stereocenters. The van der Waals surface area contributed by atoms with E-state index >= 15 is 0 Å². The van der Waals surface area contributed by atoms with Crippen molar-refractivity contribution in [2.24, 2.45) is 5.73 Å². The average molecular weight is 429 g/mol. The van der Waals surface area contributed by atoms with Crippen LogP contribution in [0.1, 0.15) is 44.9 Å². The Bertz CT molecular complexity index is 1060. The molecule has 4 nitrogen and oxygen atoms in total. The van der Waals surface area contributed by atoms with E-state index < -0.39 is 23.8 Å². The maximum absolute atomic E-state index is 14.5. The van der Waals surface area contributed by atoms with Crippen molar-refractivity contribution in [3.63, 3.8) is 0 Å². The molecule has 0 radical (unpaired) electrons. The lowest BCUT2D eigenvalue weighted by Crippen LogP contribution is -2.43. The predicted molar refractivity (Wildman–Crippen MR) is 111 cm³/mol. The van der Waals surface area contributed by atoms with Crippen molar-refractivity contribution in [1.29, 1.82) is 0 Å². The second-order valence-corrected chi connectivity index (χ2v) is 8.30. The van der Waals surface area contributed by atoms with Crippen molar-refractivity contribution in [2.75, 3.05) is 0 Å². The van der Waals surface area contributed by atoms with Crippen LogP contribution in [0.15, 0.2) is 60.0 Å². The Balaban J connectivity index is 1.87. The SMILES string of the molecule is NC(=O)C(c1ccccc1)N(C(=O)c1cccs1)[C@@H]1CCc2c(F)cc(Cl)cc21. The molecule has 0 spiro atoms. The van der Waals surface area contributed by atoms with Crippen LogP contribution in [0.25, 0.3) is 0 Å². The van der Waals surface area contributed by atoms with Gasteiger partial charge in [-0.1, -0.05) is 48.0 Å². The minimum absolute atomic E-state index is 0.256. The van der Waals surface area contributed by atoms with E-state index in [-0.39, 0.29) is 10.9 Å². The zero-order valence-electron chi connectivity index (χ0n) is 15.3. The molecule has 0 saturated carbocycles. The minimum Gasteiger partial charge on any atom is -0.368 e. The summed E-state index contributed by atoms with van der Waals surface area (Å²) < 4.78 is 14.5. The summed E-state index contributed by atoms with van der Waals surface area (Å²) >= 11 is 7.39. The lowest BCUT2D eigenvalue weighted by atomic mass is 9.99. The number of carbonyl (C=O) groups is 2. The Morgan fingerprint density at radius 3 is 2.59 bits per heavy atom. The Morgan fingerprint density at radius 2 is 1.93 bits per heavy atom. The van der Waals surface area contributed by atoms with Crippen molar-refractivity contribution in [3.05, 3.63) is 92.4 Å². The van der Waals surface area contributed by atoms with Crippen LogP contribution in [0.4, 0.5) is 4.39 Å². The van der Waals surface area contributed by atoms with Gasteiger partial charge in [-0.3, -0.25) is 9.59 Å². The summed E-state index contributed by atoms with van der Waals surface area (Å²) in [7, 11) is 0. The number of primary amides is 1. The monoisotopic (exact) mass is 428 g/mol. The predicted octanol–water partition coefficient (Wildman–Crippen LogP) is 4.90. The molecule has 0 aliphatic heterocycles. The van der Waals surface area contributed by atoms with E-state index in [0.717, 1.165) is 0 Å². The fraction of sp³-hybridized carbons (Fsp3) is 0.182. The molecule has 148 valence electrons. The van der Waals surface area contributed by atoms with Crippen LogP contribution in [0.2, 0.25) is 5.02 Å². The summed E-state index contributed by atoms with van der Waals surface area (Å²) in [6.45, 7) is 0. The third-order valence-corrected chi connectivity index (χ3v) is 6.26. The van der Waals surface area contributed by atoms with Crippen LogP contribution in [0.3, 0.4) is 0 Å². The largest absolute Gasteiger partial charge is 0.368 e. The quantitative estimate of drug-likeness (QED) is 0.628. The van der Waals surface area contributed by atoms with Crippen LogP contribution in [0, 0.1) is 5.82 Å². The van der Waals surface area contributed by atoms with Gasteiger partial charge in [0.2, 0.25) is 5.91 Å². The van der Waals surface area contributed by atoms with E-state index in [1.807, 2.05) is 6.07 Å². The van der Waals surface area contributed by atoms with Crippen molar-refractivity contribution in [3.8, 4) is 0 Å². The molecule has 2 aromatic carbocycles. The molecule has 1 heterocycles. The molecule has 29 heavy (non-hydrogen) atoms. The first-order valence-electron chi connectivity index (χ1n) is 9.15. The Labute approximate surface area is 176 Å². The van der Waals surface area contributed by atoms with E-state index in [1.165, 1.54) is 22.3 Å². The summed E-state index contributed by atoms with van der Waals surface area (Å²) in [4.78, 5) is 28.0. The maximum Gasteiger partial charge on any atom is 0.265 e. The van der Waals surface area contributed by atoms with Gasteiger partial charge in [0.1, 0.15) is 11.9 Å². The van der Waals surface area contributed by atoms with Gasteiger partial charge in [-0.15, -0.1) is 11.3 Å². The average Bonchev–Trinajstić information content (AvgIpc) is 3.36. The molecule has 1 aliphatic rings. The van der Waals surface area contributed by atoms with Gasteiger partial charge in [0, 0.05) is 5.02 Å². The van der Waals surface area contributed by atoms with E-state index in [2.05, 4.69) is 0 Å². The number of carbonyl (C=O) groups excluding carboxylic acids is 2. The first kappa shape index (κ1) is 19.6. The van der Waals surface area contributed by atoms with Gasteiger partial charge in [-0.2, -0.15) is 0 Å². The van der Waals surface area contributed by atoms with Gasteiger partial charge < -0.3 is 10.6 Å². The molecule has 1 unspecified atom stereocenters. The Morgan fingerprint density at radius 1 is 1.17 bits per heavy atom. The molecule has 4 rings (SSSR count). The van der Waals surface area contributed by atoms with Crippen LogP contribution in [0.5, 0.6) is 0 Å². The number of amides is 2. The highest BCUT2D eigenvalue weighted by atomic mass is 35.5. The first-order chi connectivity index (χ1) is 14.0. The summed E-state index contributed by atoms with van der Waals surface area (Å²) in [5, 5.41) is 2.05. The van der Waals surface area contributed by atoms with Gasteiger partial charge in [-0.05, 0) is 53.1 Å². The van der Waals surface area contributed by atoms with Crippen LogP contribution < -0.4 is 5.73 Å². The highest BCUT2D eigenvalue weighted by Crippen LogP contribution is 2.43. The number of thiophene rings is 1. The summed E-state index contributed by atoms with van der Waals surface area (Å²) in [5.74, 6) is -1.35. The van der Waals surface area contributed by atoms with E-state index in [0.29, 0.717) is 34.4 Å². The molecular formula is C22H18ClFN2O2S. The Kier molecular flexibility index (Phi) is 5.39. The summed E-state index contributed by atoms with van der Waals surface area (Å²) in [5.41, 5.74) is 7.54. The van der Waals surface area contributed by atoms with Gasteiger partial charge >= 0.3 is 0 Å². The highest BCUT2D eigenvalue weighted by molar-refractivity contribution is 7.12. The molecule has 0 fully saturated rings. The maximum atomic E-state index is 14.5. The molecule has 1 aromatic heterocycles. The second-order valence-electron chi connectivity index (χ2n) is 6.92. The standard InChI is InChI=1S/C22H18ClFN2O2S/c23-14-11-16-15(17(24)12-14)8-9-18(16)26(22(28)19-7-4-10-29-19)20(21(25)27)13-5-2-1-3-6-13/h1-7,10-12,18,20H,8-9H2,(H2,25,27)/t18-,20?/m1/s1. The first-order valence-corrected chi connectivity index (χ1v) is 10.4. The van der Waals surface area contributed by atoms with Gasteiger partial charge in [0.25, 0.3) is 5.91 Å².